The average Bonchev–Trinajstić information content (AvgIpc) is 2.94. The van der Waals surface area contributed by atoms with E-state index in [1.165, 1.54) is 22.7 Å². The Labute approximate surface area is 121 Å². The maximum atomic E-state index is 12.0. The number of aromatic nitrogens is 1. The summed E-state index contributed by atoms with van der Waals surface area (Å²) < 4.78 is 0.932. The van der Waals surface area contributed by atoms with Crippen LogP contribution in [0.3, 0.4) is 0 Å². The standard InChI is InChI=1S/C12H8ClN3OS2/c13-6-1-2-8-9(5-6)19-12(15-8)16-11(17)10-7(14)3-4-18-10/h1-5H,14H2,(H,15,16,17). The number of carbonyl (C=O) groups excluding carboxylic acids is 1. The molecule has 19 heavy (non-hydrogen) atoms. The van der Waals surface area contributed by atoms with E-state index in [0.717, 1.165) is 10.2 Å². The molecule has 3 aromatic rings. The second kappa shape index (κ2) is 4.80. The summed E-state index contributed by atoms with van der Waals surface area (Å²) in [5.74, 6) is -0.238. The van der Waals surface area contributed by atoms with Crippen molar-refractivity contribution in [1.29, 1.82) is 0 Å². The SMILES string of the molecule is Nc1ccsc1C(=O)Nc1nc2ccc(Cl)cc2s1. The molecule has 4 nitrogen and oxygen atoms in total. The topological polar surface area (TPSA) is 68.0 Å². The van der Waals surface area contributed by atoms with E-state index in [-0.39, 0.29) is 5.91 Å². The first-order valence-electron chi connectivity index (χ1n) is 5.34. The number of thiophene rings is 1. The molecule has 0 unspecified atom stereocenters. The first kappa shape index (κ1) is 12.4. The highest BCUT2D eigenvalue weighted by Crippen LogP contribution is 2.29. The van der Waals surface area contributed by atoms with Crippen LogP contribution < -0.4 is 11.1 Å². The second-order valence-electron chi connectivity index (χ2n) is 3.79. The number of thiazole rings is 1. The van der Waals surface area contributed by atoms with Crippen LogP contribution in [0.5, 0.6) is 0 Å². The molecule has 1 amide bonds. The summed E-state index contributed by atoms with van der Waals surface area (Å²) in [6, 6.07) is 7.12. The Morgan fingerprint density at radius 3 is 2.95 bits per heavy atom. The molecular formula is C12H8ClN3OS2. The van der Waals surface area contributed by atoms with Crippen LogP contribution in [0.2, 0.25) is 5.02 Å². The van der Waals surface area contributed by atoms with Gasteiger partial charge < -0.3 is 5.73 Å². The fourth-order valence-electron chi connectivity index (χ4n) is 1.61. The van der Waals surface area contributed by atoms with Crippen LogP contribution >= 0.6 is 34.3 Å². The molecule has 0 spiro atoms. The Kier molecular flexibility index (Phi) is 3.14. The van der Waals surface area contributed by atoms with Crippen LogP contribution in [0.15, 0.2) is 29.6 Å². The van der Waals surface area contributed by atoms with Gasteiger partial charge in [-0.2, -0.15) is 0 Å². The Balaban J connectivity index is 1.89. The summed E-state index contributed by atoms with van der Waals surface area (Å²) in [5, 5.41) is 5.72. The highest BCUT2D eigenvalue weighted by Gasteiger charge is 2.13. The average molecular weight is 310 g/mol. The number of nitrogens with one attached hydrogen (secondary N) is 1. The number of nitrogen functional groups attached to an aromatic ring is 1. The molecule has 0 atom stereocenters. The Morgan fingerprint density at radius 2 is 2.21 bits per heavy atom. The lowest BCUT2D eigenvalue weighted by molar-refractivity contribution is 0.103. The number of anilines is 2. The summed E-state index contributed by atoms with van der Waals surface area (Å²) >= 11 is 8.60. The largest absolute Gasteiger partial charge is 0.397 e. The van der Waals surface area contributed by atoms with Crippen molar-refractivity contribution < 1.29 is 4.79 Å². The minimum absolute atomic E-state index is 0.238. The predicted octanol–water partition coefficient (Wildman–Crippen LogP) is 3.85. The summed E-state index contributed by atoms with van der Waals surface area (Å²) in [6.45, 7) is 0. The molecule has 3 N–H and O–H groups in total. The Hall–Kier alpha value is -1.63. The quantitative estimate of drug-likeness (QED) is 0.755. The number of nitrogens with zero attached hydrogens (tertiary/aromatic N) is 1. The summed E-state index contributed by atoms with van der Waals surface area (Å²) in [6.07, 6.45) is 0. The maximum absolute atomic E-state index is 12.0. The number of rotatable bonds is 2. The van der Waals surface area contributed by atoms with E-state index in [1.54, 1.807) is 17.5 Å². The molecule has 2 heterocycles. The van der Waals surface area contributed by atoms with Gasteiger partial charge in [-0.05, 0) is 29.6 Å². The first-order chi connectivity index (χ1) is 9.13. The van der Waals surface area contributed by atoms with E-state index in [4.69, 9.17) is 17.3 Å². The fourth-order valence-corrected chi connectivity index (χ4v) is 3.46. The number of carbonyl (C=O) groups is 1. The molecule has 7 heteroatoms. The number of hydrogen-bond donors (Lipinski definition) is 2. The number of hydrogen-bond acceptors (Lipinski definition) is 5. The Morgan fingerprint density at radius 1 is 1.37 bits per heavy atom. The summed E-state index contributed by atoms with van der Waals surface area (Å²) in [4.78, 5) is 16.8. The zero-order chi connectivity index (χ0) is 13.4. The number of nitrogens with two attached hydrogens (primary N) is 1. The normalized spacial score (nSPS) is 10.8. The van der Waals surface area contributed by atoms with Crippen molar-refractivity contribution in [2.45, 2.75) is 0 Å². The van der Waals surface area contributed by atoms with Crippen molar-refractivity contribution in [1.82, 2.24) is 4.98 Å². The van der Waals surface area contributed by atoms with Gasteiger partial charge in [0.25, 0.3) is 5.91 Å². The molecule has 2 aromatic heterocycles. The van der Waals surface area contributed by atoms with Gasteiger partial charge in [-0.1, -0.05) is 22.9 Å². The molecular weight excluding hydrogens is 302 g/mol. The lowest BCUT2D eigenvalue weighted by atomic mass is 10.3. The van der Waals surface area contributed by atoms with Crippen molar-refractivity contribution in [3.8, 4) is 0 Å². The molecule has 0 aliphatic rings. The van der Waals surface area contributed by atoms with Crippen molar-refractivity contribution in [3.63, 3.8) is 0 Å². The number of benzene rings is 1. The van der Waals surface area contributed by atoms with Gasteiger partial charge >= 0.3 is 0 Å². The predicted molar refractivity (Wildman–Crippen MR) is 81.3 cm³/mol. The van der Waals surface area contributed by atoms with Gasteiger partial charge in [-0.25, -0.2) is 4.98 Å². The molecule has 96 valence electrons. The monoisotopic (exact) mass is 309 g/mol. The highest BCUT2D eigenvalue weighted by atomic mass is 35.5. The van der Waals surface area contributed by atoms with Crippen molar-refractivity contribution >= 4 is 61.2 Å². The molecule has 3 rings (SSSR count). The second-order valence-corrected chi connectivity index (χ2v) is 6.17. The van der Waals surface area contributed by atoms with Gasteiger partial charge in [0.15, 0.2) is 5.13 Å². The number of amides is 1. The van der Waals surface area contributed by atoms with Gasteiger partial charge in [0.1, 0.15) is 4.88 Å². The lowest BCUT2D eigenvalue weighted by Gasteiger charge is -1.99. The molecule has 0 saturated carbocycles. The van der Waals surface area contributed by atoms with Crippen LogP contribution in [0, 0.1) is 0 Å². The molecule has 0 aliphatic heterocycles. The van der Waals surface area contributed by atoms with Crippen LogP contribution in [-0.4, -0.2) is 10.9 Å². The molecule has 1 aromatic carbocycles. The van der Waals surface area contributed by atoms with Crippen molar-refractivity contribution in [2.24, 2.45) is 0 Å². The van der Waals surface area contributed by atoms with E-state index < -0.39 is 0 Å². The van der Waals surface area contributed by atoms with Gasteiger partial charge in [-0.15, -0.1) is 11.3 Å². The van der Waals surface area contributed by atoms with Crippen LogP contribution in [0.4, 0.5) is 10.8 Å². The maximum Gasteiger partial charge on any atom is 0.269 e. The fraction of sp³-hybridized carbons (Fsp3) is 0. The third-order valence-corrected chi connectivity index (χ3v) is 4.57. The van der Waals surface area contributed by atoms with Crippen LogP contribution in [0.1, 0.15) is 9.67 Å². The van der Waals surface area contributed by atoms with E-state index in [2.05, 4.69) is 10.3 Å². The molecule has 0 fully saturated rings. The van der Waals surface area contributed by atoms with Crippen LogP contribution in [-0.2, 0) is 0 Å². The van der Waals surface area contributed by atoms with E-state index in [9.17, 15) is 4.79 Å². The van der Waals surface area contributed by atoms with E-state index >= 15 is 0 Å². The number of fused-ring (bicyclic) bond motifs is 1. The van der Waals surface area contributed by atoms with Gasteiger partial charge in [0.05, 0.1) is 15.9 Å². The van der Waals surface area contributed by atoms with Gasteiger partial charge in [0, 0.05) is 5.02 Å². The highest BCUT2D eigenvalue weighted by molar-refractivity contribution is 7.22. The first-order valence-corrected chi connectivity index (χ1v) is 7.41. The molecule has 0 bridgehead atoms. The van der Waals surface area contributed by atoms with Crippen molar-refractivity contribution in [3.05, 3.63) is 39.5 Å². The summed E-state index contributed by atoms with van der Waals surface area (Å²) in [5.41, 5.74) is 6.99. The molecule has 0 saturated heterocycles. The molecule has 0 aliphatic carbocycles. The lowest BCUT2D eigenvalue weighted by Crippen LogP contribution is -2.11. The minimum Gasteiger partial charge on any atom is -0.397 e. The van der Waals surface area contributed by atoms with Gasteiger partial charge in [-0.3, -0.25) is 10.1 Å². The third kappa shape index (κ3) is 2.42. The zero-order valence-electron chi connectivity index (χ0n) is 9.51. The number of halogens is 1. The van der Waals surface area contributed by atoms with Gasteiger partial charge in [0.2, 0.25) is 0 Å². The Bertz CT molecular complexity index is 765. The molecule has 0 radical (unpaired) electrons. The smallest absolute Gasteiger partial charge is 0.269 e. The summed E-state index contributed by atoms with van der Waals surface area (Å²) in [7, 11) is 0. The minimum atomic E-state index is -0.238. The van der Waals surface area contributed by atoms with E-state index in [1.807, 2.05) is 12.1 Å². The zero-order valence-corrected chi connectivity index (χ0v) is 11.9. The van der Waals surface area contributed by atoms with Crippen LogP contribution in [0.25, 0.3) is 10.2 Å². The van der Waals surface area contributed by atoms with E-state index in [0.29, 0.717) is 20.7 Å². The van der Waals surface area contributed by atoms with Crippen molar-refractivity contribution in [2.75, 3.05) is 11.1 Å². The third-order valence-electron chi connectivity index (χ3n) is 2.47.